The number of aromatic nitrogens is 1. The molecule has 1 aromatic heterocycles. The third-order valence-electron chi connectivity index (χ3n) is 4.23. The van der Waals surface area contributed by atoms with E-state index in [2.05, 4.69) is 10.3 Å². The van der Waals surface area contributed by atoms with Crippen LogP contribution >= 0.6 is 11.6 Å². The minimum absolute atomic E-state index is 0.0372. The summed E-state index contributed by atoms with van der Waals surface area (Å²) >= 11 is 5.84. The maximum absolute atomic E-state index is 12.7. The Labute approximate surface area is 152 Å². The molecular weight excluding hydrogens is 338 g/mol. The van der Waals surface area contributed by atoms with Gasteiger partial charge in [-0.3, -0.25) is 14.6 Å². The first-order chi connectivity index (χ1) is 12.1. The van der Waals surface area contributed by atoms with Crippen molar-refractivity contribution in [2.75, 3.05) is 18.4 Å². The molecule has 2 amide bonds. The molecule has 1 aliphatic rings. The number of nitrogens with one attached hydrogen (secondary N) is 1. The maximum atomic E-state index is 12.7. The van der Waals surface area contributed by atoms with Gasteiger partial charge in [-0.1, -0.05) is 24.4 Å². The molecule has 0 unspecified atom stereocenters. The average Bonchev–Trinajstić information content (AvgIpc) is 2.92. The highest BCUT2D eigenvalue weighted by Crippen LogP contribution is 2.16. The van der Waals surface area contributed by atoms with Crippen molar-refractivity contribution in [3.63, 3.8) is 0 Å². The fourth-order valence-electron chi connectivity index (χ4n) is 2.87. The fourth-order valence-corrected chi connectivity index (χ4v) is 3.00. The van der Waals surface area contributed by atoms with Crippen LogP contribution in [0.15, 0.2) is 42.6 Å². The molecule has 1 aromatic carbocycles. The Bertz CT molecular complexity index is 754. The number of halogens is 1. The van der Waals surface area contributed by atoms with Crippen molar-refractivity contribution in [1.82, 2.24) is 9.88 Å². The molecule has 0 atom stereocenters. The topological polar surface area (TPSA) is 62.3 Å². The van der Waals surface area contributed by atoms with Crippen LogP contribution in [0.2, 0.25) is 5.02 Å². The van der Waals surface area contributed by atoms with Gasteiger partial charge in [-0.15, -0.1) is 0 Å². The van der Waals surface area contributed by atoms with Gasteiger partial charge in [0.15, 0.2) is 0 Å². The Morgan fingerprint density at radius 1 is 1.00 bits per heavy atom. The van der Waals surface area contributed by atoms with E-state index in [4.69, 9.17) is 11.6 Å². The number of anilines is 1. The van der Waals surface area contributed by atoms with Crippen LogP contribution in [0.1, 0.15) is 46.5 Å². The lowest BCUT2D eigenvalue weighted by atomic mass is 10.2. The van der Waals surface area contributed by atoms with Crippen LogP contribution in [0.25, 0.3) is 0 Å². The molecule has 1 fully saturated rings. The summed E-state index contributed by atoms with van der Waals surface area (Å²) in [5.74, 6) is -0.391. The van der Waals surface area contributed by atoms with Crippen LogP contribution in [0.5, 0.6) is 0 Å². The molecule has 0 aliphatic carbocycles. The fraction of sp³-hybridized carbons (Fsp3) is 0.316. The summed E-state index contributed by atoms with van der Waals surface area (Å²) in [5, 5.41) is 3.35. The summed E-state index contributed by atoms with van der Waals surface area (Å²) in [4.78, 5) is 31.0. The number of carbonyl (C=O) groups is 2. The van der Waals surface area contributed by atoms with Crippen molar-refractivity contribution >= 4 is 29.1 Å². The van der Waals surface area contributed by atoms with Crippen molar-refractivity contribution < 1.29 is 9.59 Å². The van der Waals surface area contributed by atoms with E-state index in [1.807, 2.05) is 4.90 Å². The van der Waals surface area contributed by atoms with Crippen molar-refractivity contribution in [2.45, 2.75) is 25.7 Å². The third-order valence-corrected chi connectivity index (χ3v) is 4.49. The first kappa shape index (κ1) is 17.4. The molecule has 0 bridgehead atoms. The standard InChI is InChI=1S/C19H20ClN3O2/c20-15-5-7-16(8-6-15)22-18(24)17-13-14(9-10-21-17)19(25)23-11-3-1-2-4-12-23/h5-10,13H,1-4,11-12H2,(H,22,24). The second-order valence-corrected chi connectivity index (χ2v) is 6.53. The number of amides is 2. The number of likely N-dealkylation sites (tertiary alicyclic amines) is 1. The first-order valence-corrected chi connectivity index (χ1v) is 8.83. The minimum Gasteiger partial charge on any atom is -0.339 e. The first-order valence-electron chi connectivity index (χ1n) is 8.46. The van der Waals surface area contributed by atoms with Gasteiger partial charge in [0.25, 0.3) is 11.8 Å². The highest BCUT2D eigenvalue weighted by atomic mass is 35.5. The predicted octanol–water partition coefficient (Wildman–Crippen LogP) is 4.00. The van der Waals surface area contributed by atoms with Gasteiger partial charge >= 0.3 is 0 Å². The SMILES string of the molecule is O=C(Nc1ccc(Cl)cc1)c1cc(C(=O)N2CCCCCC2)ccn1. The summed E-state index contributed by atoms with van der Waals surface area (Å²) in [6, 6.07) is 10.0. The summed E-state index contributed by atoms with van der Waals surface area (Å²) in [7, 11) is 0. The monoisotopic (exact) mass is 357 g/mol. The molecule has 0 saturated carbocycles. The molecule has 1 N–H and O–H groups in total. The van der Waals surface area contributed by atoms with E-state index in [9.17, 15) is 9.59 Å². The number of hydrogen-bond donors (Lipinski definition) is 1. The minimum atomic E-state index is -0.354. The number of nitrogens with zero attached hydrogens (tertiary/aromatic N) is 2. The molecule has 2 aromatic rings. The molecule has 5 nitrogen and oxygen atoms in total. The van der Waals surface area contributed by atoms with E-state index in [0.717, 1.165) is 38.8 Å². The smallest absolute Gasteiger partial charge is 0.274 e. The second kappa shape index (κ2) is 8.12. The molecule has 0 spiro atoms. The van der Waals surface area contributed by atoms with Crippen LogP contribution in [-0.2, 0) is 0 Å². The highest BCUT2D eigenvalue weighted by molar-refractivity contribution is 6.30. The van der Waals surface area contributed by atoms with Gasteiger partial charge in [-0.05, 0) is 49.2 Å². The third kappa shape index (κ3) is 4.57. The zero-order valence-corrected chi connectivity index (χ0v) is 14.6. The summed E-state index contributed by atoms with van der Waals surface area (Å²) in [6.45, 7) is 1.54. The summed E-state index contributed by atoms with van der Waals surface area (Å²) in [6.07, 6.45) is 5.88. The van der Waals surface area contributed by atoms with Gasteiger partial charge < -0.3 is 10.2 Å². The molecule has 1 saturated heterocycles. The Hall–Kier alpha value is -2.40. The predicted molar refractivity (Wildman–Crippen MR) is 98.0 cm³/mol. The van der Waals surface area contributed by atoms with Crippen LogP contribution in [0.4, 0.5) is 5.69 Å². The lowest BCUT2D eigenvalue weighted by molar-refractivity contribution is 0.0761. The Morgan fingerprint density at radius 3 is 2.36 bits per heavy atom. The number of carbonyl (C=O) groups excluding carboxylic acids is 2. The zero-order chi connectivity index (χ0) is 17.6. The van der Waals surface area contributed by atoms with E-state index >= 15 is 0 Å². The summed E-state index contributed by atoms with van der Waals surface area (Å²) < 4.78 is 0. The molecule has 6 heteroatoms. The van der Waals surface area contributed by atoms with Crippen LogP contribution in [0, 0.1) is 0 Å². The van der Waals surface area contributed by atoms with Crippen LogP contribution in [-0.4, -0.2) is 34.8 Å². The molecule has 3 rings (SSSR count). The quantitative estimate of drug-likeness (QED) is 0.902. The van der Waals surface area contributed by atoms with Crippen LogP contribution < -0.4 is 5.32 Å². The average molecular weight is 358 g/mol. The van der Waals surface area contributed by atoms with Gasteiger partial charge in [0, 0.05) is 35.6 Å². The van der Waals surface area contributed by atoms with E-state index in [1.165, 1.54) is 6.20 Å². The zero-order valence-electron chi connectivity index (χ0n) is 13.9. The number of hydrogen-bond acceptors (Lipinski definition) is 3. The molecule has 2 heterocycles. The molecule has 25 heavy (non-hydrogen) atoms. The molecule has 130 valence electrons. The Balaban J connectivity index is 1.72. The molecule has 0 radical (unpaired) electrons. The van der Waals surface area contributed by atoms with E-state index in [-0.39, 0.29) is 17.5 Å². The van der Waals surface area contributed by atoms with Gasteiger partial charge in [0.1, 0.15) is 5.69 Å². The molecule has 1 aliphatic heterocycles. The van der Waals surface area contributed by atoms with Crippen molar-refractivity contribution in [1.29, 1.82) is 0 Å². The van der Waals surface area contributed by atoms with Gasteiger partial charge in [0.05, 0.1) is 0 Å². The van der Waals surface area contributed by atoms with E-state index in [1.54, 1.807) is 36.4 Å². The normalized spacial score (nSPS) is 14.7. The second-order valence-electron chi connectivity index (χ2n) is 6.10. The van der Waals surface area contributed by atoms with E-state index in [0.29, 0.717) is 16.3 Å². The van der Waals surface area contributed by atoms with Crippen LogP contribution in [0.3, 0.4) is 0 Å². The lowest BCUT2D eigenvalue weighted by Gasteiger charge is -2.20. The Morgan fingerprint density at radius 2 is 1.68 bits per heavy atom. The van der Waals surface area contributed by atoms with Crippen molar-refractivity contribution in [3.05, 3.63) is 58.9 Å². The Kier molecular flexibility index (Phi) is 5.66. The largest absolute Gasteiger partial charge is 0.339 e. The maximum Gasteiger partial charge on any atom is 0.274 e. The number of rotatable bonds is 3. The van der Waals surface area contributed by atoms with Gasteiger partial charge in [0.2, 0.25) is 0 Å². The van der Waals surface area contributed by atoms with E-state index < -0.39 is 0 Å². The summed E-state index contributed by atoms with van der Waals surface area (Å²) in [5.41, 5.74) is 1.34. The van der Waals surface area contributed by atoms with Crippen molar-refractivity contribution in [3.8, 4) is 0 Å². The van der Waals surface area contributed by atoms with Gasteiger partial charge in [-0.2, -0.15) is 0 Å². The van der Waals surface area contributed by atoms with Crippen molar-refractivity contribution in [2.24, 2.45) is 0 Å². The molecular formula is C19H20ClN3O2. The number of pyridine rings is 1. The number of benzene rings is 1. The lowest BCUT2D eigenvalue weighted by Crippen LogP contribution is -2.32. The highest BCUT2D eigenvalue weighted by Gasteiger charge is 2.19. The van der Waals surface area contributed by atoms with Gasteiger partial charge in [-0.25, -0.2) is 0 Å².